The molecule has 0 bridgehead atoms. The second-order valence-electron chi connectivity index (χ2n) is 5.53. The molecule has 0 rings (SSSR count). The number of aliphatic hydroxyl groups is 1. The highest BCUT2D eigenvalue weighted by molar-refractivity contribution is 5.80. The number of hydrogen-bond donors (Lipinski definition) is 1. The maximum atomic E-state index is 11.6. The van der Waals surface area contributed by atoms with E-state index in [2.05, 4.69) is 0 Å². The van der Waals surface area contributed by atoms with Crippen LogP contribution < -0.4 is 0 Å². The zero-order valence-electron chi connectivity index (χ0n) is 12.5. The summed E-state index contributed by atoms with van der Waals surface area (Å²) in [5.41, 5.74) is 0. The van der Waals surface area contributed by atoms with Gasteiger partial charge in [-0.3, -0.25) is 4.79 Å². The minimum atomic E-state index is -0.663. The molecule has 0 aliphatic heterocycles. The van der Waals surface area contributed by atoms with E-state index in [9.17, 15) is 9.90 Å². The summed E-state index contributed by atoms with van der Waals surface area (Å²) in [5, 5.41) is 10.1. The Morgan fingerprint density at radius 3 is 2.11 bits per heavy atom. The highest BCUT2D eigenvalue weighted by Gasteiger charge is 2.29. The van der Waals surface area contributed by atoms with Gasteiger partial charge in [0.1, 0.15) is 12.6 Å². The van der Waals surface area contributed by atoms with Crippen LogP contribution in [-0.4, -0.2) is 37.0 Å². The zero-order valence-corrected chi connectivity index (χ0v) is 12.5. The van der Waals surface area contributed by atoms with Crippen molar-refractivity contribution in [2.24, 2.45) is 17.8 Å². The third-order valence-electron chi connectivity index (χ3n) is 3.21. The van der Waals surface area contributed by atoms with Crippen molar-refractivity contribution in [2.75, 3.05) is 13.9 Å². The lowest BCUT2D eigenvalue weighted by atomic mass is 9.87. The van der Waals surface area contributed by atoms with Crippen molar-refractivity contribution < 1.29 is 19.4 Å². The molecule has 18 heavy (non-hydrogen) atoms. The maximum Gasteiger partial charge on any atom is 0.146 e. The monoisotopic (exact) mass is 260 g/mol. The largest absolute Gasteiger partial charge is 0.392 e. The smallest absolute Gasteiger partial charge is 0.146 e. The number of hydrogen-bond acceptors (Lipinski definition) is 4. The summed E-state index contributed by atoms with van der Waals surface area (Å²) >= 11 is 0. The molecule has 0 aliphatic rings. The molecular formula is C14H28O4. The molecule has 0 aliphatic carbocycles. The van der Waals surface area contributed by atoms with Gasteiger partial charge in [0, 0.05) is 25.4 Å². The van der Waals surface area contributed by atoms with Crippen LogP contribution in [0, 0.1) is 17.8 Å². The minimum absolute atomic E-state index is 0.0377. The first-order valence-electron chi connectivity index (χ1n) is 6.62. The second kappa shape index (κ2) is 8.62. The van der Waals surface area contributed by atoms with Crippen LogP contribution in [0.5, 0.6) is 0 Å². The van der Waals surface area contributed by atoms with E-state index in [0.717, 1.165) is 0 Å². The molecule has 0 aromatic heterocycles. The van der Waals surface area contributed by atoms with Gasteiger partial charge in [-0.15, -0.1) is 0 Å². The van der Waals surface area contributed by atoms with Crippen molar-refractivity contribution in [2.45, 2.75) is 53.2 Å². The fraction of sp³-hybridized carbons (Fsp3) is 0.929. The minimum Gasteiger partial charge on any atom is -0.392 e. The molecule has 0 fully saturated rings. The third kappa shape index (κ3) is 5.94. The van der Waals surface area contributed by atoms with Gasteiger partial charge in [0.25, 0.3) is 0 Å². The van der Waals surface area contributed by atoms with Crippen LogP contribution in [0.25, 0.3) is 0 Å². The average molecular weight is 260 g/mol. The highest BCUT2D eigenvalue weighted by Crippen LogP contribution is 2.22. The molecular weight excluding hydrogens is 232 g/mol. The van der Waals surface area contributed by atoms with Crippen LogP contribution in [0.2, 0.25) is 0 Å². The van der Waals surface area contributed by atoms with E-state index < -0.39 is 6.10 Å². The molecule has 4 heteroatoms. The fourth-order valence-electron chi connectivity index (χ4n) is 1.94. The number of ether oxygens (including phenoxy) is 2. The lowest BCUT2D eigenvalue weighted by Crippen LogP contribution is -2.37. The fourth-order valence-corrected chi connectivity index (χ4v) is 1.94. The van der Waals surface area contributed by atoms with Gasteiger partial charge in [0.15, 0.2) is 0 Å². The summed E-state index contributed by atoms with van der Waals surface area (Å²) in [6.07, 6.45) is -0.581. The van der Waals surface area contributed by atoms with Crippen LogP contribution in [0.4, 0.5) is 0 Å². The molecule has 4 nitrogen and oxygen atoms in total. The number of rotatable bonds is 9. The topological polar surface area (TPSA) is 55.8 Å². The zero-order chi connectivity index (χ0) is 14.3. The SMILES string of the molecule is COCO[C@H](C(C)C)[C@@H](C)[C@@H](O)CC(=O)C(C)C. The first-order chi connectivity index (χ1) is 8.31. The quantitative estimate of drug-likeness (QED) is 0.646. The molecule has 0 heterocycles. The van der Waals surface area contributed by atoms with Crippen molar-refractivity contribution >= 4 is 5.78 Å². The Morgan fingerprint density at radius 1 is 1.17 bits per heavy atom. The maximum absolute atomic E-state index is 11.6. The predicted molar refractivity (Wildman–Crippen MR) is 71.2 cm³/mol. The van der Waals surface area contributed by atoms with Crippen LogP contribution in [0.1, 0.15) is 41.0 Å². The molecule has 0 aromatic carbocycles. The van der Waals surface area contributed by atoms with Gasteiger partial charge in [-0.2, -0.15) is 0 Å². The summed E-state index contributed by atoms with van der Waals surface area (Å²) in [7, 11) is 1.57. The number of methoxy groups -OCH3 is 1. The van der Waals surface area contributed by atoms with Crippen LogP contribution in [-0.2, 0) is 14.3 Å². The van der Waals surface area contributed by atoms with Crippen LogP contribution in [0.3, 0.4) is 0 Å². The lowest BCUT2D eigenvalue weighted by molar-refractivity contribution is -0.133. The van der Waals surface area contributed by atoms with Crippen LogP contribution >= 0.6 is 0 Å². The summed E-state index contributed by atoms with van der Waals surface area (Å²) in [6.45, 7) is 9.89. The Hall–Kier alpha value is -0.450. The van der Waals surface area contributed by atoms with Crippen molar-refractivity contribution in [3.63, 3.8) is 0 Å². The Kier molecular flexibility index (Phi) is 8.40. The van der Waals surface area contributed by atoms with E-state index >= 15 is 0 Å². The number of aliphatic hydroxyl groups excluding tert-OH is 1. The van der Waals surface area contributed by atoms with Crippen molar-refractivity contribution in [3.8, 4) is 0 Å². The molecule has 1 N–H and O–H groups in total. The first-order valence-corrected chi connectivity index (χ1v) is 6.62. The van der Waals surface area contributed by atoms with Gasteiger partial charge >= 0.3 is 0 Å². The van der Waals surface area contributed by atoms with Gasteiger partial charge in [0.2, 0.25) is 0 Å². The van der Waals surface area contributed by atoms with E-state index in [-0.39, 0.29) is 42.9 Å². The molecule has 0 amide bonds. The molecule has 0 spiro atoms. The lowest BCUT2D eigenvalue weighted by Gasteiger charge is -2.30. The molecule has 0 aromatic rings. The molecule has 0 unspecified atom stereocenters. The molecule has 0 saturated carbocycles. The van der Waals surface area contributed by atoms with E-state index in [4.69, 9.17) is 9.47 Å². The van der Waals surface area contributed by atoms with Gasteiger partial charge in [0.05, 0.1) is 12.2 Å². The average Bonchev–Trinajstić information content (AvgIpc) is 2.28. The first kappa shape index (κ1) is 17.6. The number of ketones is 1. The van der Waals surface area contributed by atoms with Gasteiger partial charge in [-0.05, 0) is 5.92 Å². The van der Waals surface area contributed by atoms with Crippen molar-refractivity contribution in [1.82, 2.24) is 0 Å². The molecule has 3 atom stereocenters. The van der Waals surface area contributed by atoms with Crippen molar-refractivity contribution in [1.29, 1.82) is 0 Å². The Balaban J connectivity index is 4.45. The summed E-state index contributed by atoms with van der Waals surface area (Å²) in [5.74, 6) is 0.217. The molecule has 108 valence electrons. The van der Waals surface area contributed by atoms with E-state index in [1.807, 2.05) is 34.6 Å². The van der Waals surface area contributed by atoms with E-state index in [1.165, 1.54) is 0 Å². The predicted octanol–water partition coefficient (Wildman–Crippen LogP) is 2.24. The summed E-state index contributed by atoms with van der Waals surface area (Å²) in [4.78, 5) is 11.6. The summed E-state index contributed by atoms with van der Waals surface area (Å²) in [6, 6.07) is 0. The van der Waals surface area contributed by atoms with Crippen LogP contribution in [0.15, 0.2) is 0 Å². The Labute approximate surface area is 111 Å². The normalized spacial score (nSPS) is 16.9. The molecule has 0 saturated heterocycles. The van der Waals surface area contributed by atoms with Gasteiger partial charge in [-0.25, -0.2) is 0 Å². The van der Waals surface area contributed by atoms with E-state index in [1.54, 1.807) is 7.11 Å². The highest BCUT2D eigenvalue weighted by atomic mass is 16.7. The number of carbonyl (C=O) groups is 1. The van der Waals surface area contributed by atoms with E-state index in [0.29, 0.717) is 0 Å². The second-order valence-corrected chi connectivity index (χ2v) is 5.53. The standard InChI is InChI=1S/C14H28O4/c1-9(2)12(15)7-13(16)11(5)14(10(3)4)18-8-17-6/h9-11,13-14,16H,7-8H2,1-6H3/t11-,13-,14+/m0/s1. The third-order valence-corrected chi connectivity index (χ3v) is 3.21. The Bertz CT molecular complexity index is 238. The van der Waals surface area contributed by atoms with Gasteiger partial charge < -0.3 is 14.6 Å². The number of Topliss-reactive ketones (excluding diaryl/α,β-unsaturated/α-hetero) is 1. The Morgan fingerprint density at radius 2 is 1.72 bits per heavy atom. The number of carbonyl (C=O) groups excluding carboxylic acids is 1. The molecule has 0 radical (unpaired) electrons. The summed E-state index contributed by atoms with van der Waals surface area (Å²) < 4.78 is 10.5. The van der Waals surface area contributed by atoms with Crippen molar-refractivity contribution in [3.05, 3.63) is 0 Å². The van der Waals surface area contributed by atoms with Gasteiger partial charge in [-0.1, -0.05) is 34.6 Å².